The fraction of sp³-hybridized carbons (Fsp3) is 0.529. The van der Waals surface area contributed by atoms with Crippen LogP contribution in [0, 0.1) is 5.92 Å². The van der Waals surface area contributed by atoms with Gasteiger partial charge in [0.25, 0.3) is 0 Å². The minimum absolute atomic E-state index is 0.163. The molecule has 1 heterocycles. The van der Waals surface area contributed by atoms with E-state index < -0.39 is 0 Å². The highest BCUT2D eigenvalue weighted by Crippen LogP contribution is 2.25. The molecule has 2 rings (SSSR count). The van der Waals surface area contributed by atoms with Crippen LogP contribution >= 0.6 is 0 Å². The summed E-state index contributed by atoms with van der Waals surface area (Å²) in [5.41, 5.74) is 1.88. The number of benzene rings is 1. The van der Waals surface area contributed by atoms with Crippen molar-refractivity contribution in [3.63, 3.8) is 0 Å². The number of amides is 2. The van der Waals surface area contributed by atoms with Gasteiger partial charge in [0.1, 0.15) is 0 Å². The zero-order valence-corrected chi connectivity index (χ0v) is 13.8. The summed E-state index contributed by atoms with van der Waals surface area (Å²) in [7, 11) is 1.33. The van der Waals surface area contributed by atoms with Gasteiger partial charge in [-0.2, -0.15) is 0 Å². The van der Waals surface area contributed by atoms with Crippen molar-refractivity contribution in [2.45, 2.75) is 26.2 Å². The first-order valence-corrected chi connectivity index (χ1v) is 8.05. The summed E-state index contributed by atoms with van der Waals surface area (Å²) in [5.74, 6) is 0.444. The van der Waals surface area contributed by atoms with E-state index in [1.807, 2.05) is 18.2 Å². The Morgan fingerprint density at radius 2 is 2.04 bits per heavy atom. The maximum absolute atomic E-state index is 11.8. The number of piperidine rings is 1. The molecule has 0 aromatic heterocycles. The first kappa shape index (κ1) is 17.1. The van der Waals surface area contributed by atoms with Gasteiger partial charge in [0, 0.05) is 31.0 Å². The van der Waals surface area contributed by atoms with E-state index in [1.165, 1.54) is 20.0 Å². The van der Waals surface area contributed by atoms with Crippen molar-refractivity contribution in [1.29, 1.82) is 0 Å². The molecule has 0 saturated carbocycles. The normalized spacial score (nSPS) is 15.1. The molecule has 126 valence electrons. The van der Waals surface area contributed by atoms with E-state index in [2.05, 4.69) is 33.3 Å². The van der Waals surface area contributed by atoms with E-state index in [9.17, 15) is 9.59 Å². The second-order valence-corrected chi connectivity index (χ2v) is 5.93. The monoisotopic (exact) mass is 319 g/mol. The Bertz CT molecular complexity index is 540. The van der Waals surface area contributed by atoms with Crippen LogP contribution < -0.4 is 15.5 Å². The van der Waals surface area contributed by atoms with Crippen molar-refractivity contribution in [2.24, 2.45) is 5.92 Å². The maximum atomic E-state index is 11.8. The van der Waals surface area contributed by atoms with Crippen molar-refractivity contribution >= 4 is 23.4 Å². The molecule has 0 radical (unpaired) electrons. The number of anilines is 2. The number of nitrogens with one attached hydrogen (secondary N) is 2. The Morgan fingerprint density at radius 3 is 2.74 bits per heavy atom. The van der Waals surface area contributed by atoms with Crippen molar-refractivity contribution in [3.05, 3.63) is 24.3 Å². The lowest BCUT2D eigenvalue weighted by atomic mass is 9.99. The Kier molecular flexibility index (Phi) is 6.26. The van der Waals surface area contributed by atoms with Crippen molar-refractivity contribution in [3.8, 4) is 0 Å². The second kappa shape index (κ2) is 8.41. The van der Waals surface area contributed by atoms with Gasteiger partial charge in [-0.3, -0.25) is 4.79 Å². The highest BCUT2D eigenvalue weighted by molar-refractivity contribution is 5.90. The van der Waals surface area contributed by atoms with Crippen LogP contribution in [0.5, 0.6) is 0 Å². The summed E-state index contributed by atoms with van der Waals surface area (Å²) in [6, 6.07) is 7.53. The van der Waals surface area contributed by atoms with Gasteiger partial charge in [-0.25, -0.2) is 4.79 Å². The number of carbonyl (C=O) groups is 2. The lowest BCUT2D eigenvalue weighted by Crippen LogP contribution is -2.33. The average Bonchev–Trinajstić information content (AvgIpc) is 2.55. The Morgan fingerprint density at radius 1 is 1.30 bits per heavy atom. The van der Waals surface area contributed by atoms with Gasteiger partial charge in [0.15, 0.2) is 0 Å². The van der Waals surface area contributed by atoms with Crippen LogP contribution in [-0.2, 0) is 9.53 Å². The van der Waals surface area contributed by atoms with Crippen LogP contribution in [0.15, 0.2) is 24.3 Å². The molecule has 1 fully saturated rings. The third kappa shape index (κ3) is 5.47. The molecular weight excluding hydrogens is 294 g/mol. The van der Waals surface area contributed by atoms with E-state index in [-0.39, 0.29) is 25.0 Å². The van der Waals surface area contributed by atoms with Gasteiger partial charge in [-0.05, 0) is 37.0 Å². The standard InChI is InChI=1S/C17H25N3O3/c1-13-7-10-20(11-8-13)15-5-3-4-14(12-15)19-17(22)18-9-6-16(21)23-2/h3-5,12-13H,6-11H2,1-2H3,(H2,18,19,22). The van der Waals surface area contributed by atoms with Crippen LogP contribution in [0.25, 0.3) is 0 Å². The van der Waals surface area contributed by atoms with Crippen LogP contribution in [0.1, 0.15) is 26.2 Å². The molecule has 23 heavy (non-hydrogen) atoms. The van der Waals surface area contributed by atoms with E-state index in [0.717, 1.165) is 30.4 Å². The number of esters is 1. The number of nitrogens with zero attached hydrogens (tertiary/aromatic N) is 1. The first-order valence-electron chi connectivity index (χ1n) is 8.05. The number of carbonyl (C=O) groups excluding carboxylic acids is 2. The van der Waals surface area contributed by atoms with Gasteiger partial charge in [-0.15, -0.1) is 0 Å². The summed E-state index contributed by atoms with van der Waals surface area (Å²) < 4.78 is 4.52. The molecule has 6 heteroatoms. The number of hydrogen-bond acceptors (Lipinski definition) is 4. The summed E-state index contributed by atoms with van der Waals surface area (Å²) in [6.45, 7) is 4.64. The molecule has 6 nitrogen and oxygen atoms in total. The van der Waals surface area contributed by atoms with E-state index in [1.54, 1.807) is 0 Å². The lowest BCUT2D eigenvalue weighted by molar-refractivity contribution is -0.140. The van der Waals surface area contributed by atoms with E-state index >= 15 is 0 Å². The summed E-state index contributed by atoms with van der Waals surface area (Å²) in [6.07, 6.45) is 2.56. The van der Waals surface area contributed by atoms with Crippen LogP contribution in [-0.4, -0.2) is 38.7 Å². The SMILES string of the molecule is COC(=O)CCNC(=O)Nc1cccc(N2CCC(C)CC2)c1. The Balaban J connectivity index is 1.84. The molecule has 0 bridgehead atoms. The van der Waals surface area contributed by atoms with Crippen LogP contribution in [0.3, 0.4) is 0 Å². The van der Waals surface area contributed by atoms with Gasteiger partial charge in [0.05, 0.1) is 13.5 Å². The summed E-state index contributed by atoms with van der Waals surface area (Å²) in [4.78, 5) is 25.2. The fourth-order valence-corrected chi connectivity index (χ4v) is 2.60. The highest BCUT2D eigenvalue weighted by Gasteiger charge is 2.16. The number of urea groups is 1. The minimum Gasteiger partial charge on any atom is -0.469 e. The van der Waals surface area contributed by atoms with Gasteiger partial charge in [-0.1, -0.05) is 13.0 Å². The molecule has 0 aliphatic carbocycles. The molecule has 1 saturated heterocycles. The summed E-state index contributed by atoms with van der Waals surface area (Å²) >= 11 is 0. The predicted octanol–water partition coefficient (Wildman–Crippen LogP) is 2.61. The number of methoxy groups -OCH3 is 1. The second-order valence-electron chi connectivity index (χ2n) is 5.93. The average molecular weight is 319 g/mol. The molecule has 1 aromatic carbocycles. The van der Waals surface area contributed by atoms with Crippen LogP contribution in [0.2, 0.25) is 0 Å². The van der Waals surface area contributed by atoms with Crippen molar-refractivity contribution < 1.29 is 14.3 Å². The molecular formula is C17H25N3O3. The largest absolute Gasteiger partial charge is 0.469 e. The smallest absolute Gasteiger partial charge is 0.319 e. The molecule has 1 aliphatic rings. The van der Waals surface area contributed by atoms with Crippen molar-refractivity contribution in [2.75, 3.05) is 37.0 Å². The van der Waals surface area contributed by atoms with Gasteiger partial charge >= 0.3 is 12.0 Å². The molecule has 0 unspecified atom stereocenters. The minimum atomic E-state index is -0.341. The zero-order chi connectivity index (χ0) is 16.7. The molecule has 1 aliphatic heterocycles. The highest BCUT2D eigenvalue weighted by atomic mass is 16.5. The maximum Gasteiger partial charge on any atom is 0.319 e. The Hall–Kier alpha value is -2.24. The molecule has 0 atom stereocenters. The predicted molar refractivity (Wildman–Crippen MR) is 90.7 cm³/mol. The summed E-state index contributed by atoms with van der Waals surface area (Å²) in [5, 5.41) is 5.43. The molecule has 2 N–H and O–H groups in total. The number of rotatable bonds is 5. The molecule has 2 amide bonds. The van der Waals surface area contributed by atoms with Crippen LogP contribution in [0.4, 0.5) is 16.2 Å². The van der Waals surface area contributed by atoms with Crippen molar-refractivity contribution in [1.82, 2.24) is 5.32 Å². The van der Waals surface area contributed by atoms with E-state index in [4.69, 9.17) is 0 Å². The Labute approximate surface area is 137 Å². The molecule has 0 spiro atoms. The number of ether oxygens (including phenoxy) is 1. The van der Waals surface area contributed by atoms with E-state index in [0.29, 0.717) is 0 Å². The topological polar surface area (TPSA) is 70.7 Å². The fourth-order valence-electron chi connectivity index (χ4n) is 2.60. The lowest BCUT2D eigenvalue weighted by Gasteiger charge is -2.32. The molecule has 1 aromatic rings. The first-order chi connectivity index (χ1) is 11.1. The third-order valence-electron chi connectivity index (χ3n) is 4.10. The third-order valence-corrected chi connectivity index (χ3v) is 4.10. The van der Waals surface area contributed by atoms with Gasteiger partial charge < -0.3 is 20.3 Å². The quantitative estimate of drug-likeness (QED) is 0.819. The number of hydrogen-bond donors (Lipinski definition) is 2. The van der Waals surface area contributed by atoms with Gasteiger partial charge in [0.2, 0.25) is 0 Å². The zero-order valence-electron chi connectivity index (χ0n) is 13.8.